The summed E-state index contributed by atoms with van der Waals surface area (Å²) in [7, 11) is 1.52. The summed E-state index contributed by atoms with van der Waals surface area (Å²) in [6.45, 7) is 6.24. The van der Waals surface area contributed by atoms with Gasteiger partial charge in [0, 0.05) is 11.3 Å². The Kier molecular flexibility index (Phi) is 7.81. The molecule has 0 aromatic heterocycles. The number of hydrogen-bond acceptors (Lipinski definition) is 4. The van der Waals surface area contributed by atoms with Crippen LogP contribution >= 0.6 is 11.6 Å². The monoisotopic (exact) mass is 510 g/mol. The van der Waals surface area contributed by atoms with Crippen molar-refractivity contribution in [3.63, 3.8) is 0 Å². The Hall–Kier alpha value is -4.27. The number of benzene rings is 4. The molecule has 0 aliphatic rings. The van der Waals surface area contributed by atoms with Crippen LogP contribution in [0.1, 0.15) is 27.8 Å². The van der Waals surface area contributed by atoms with Gasteiger partial charge in [0.05, 0.1) is 12.1 Å². The zero-order valence-corrected chi connectivity index (χ0v) is 21.9. The average Bonchev–Trinajstić information content (AvgIpc) is 2.88. The largest absolute Gasteiger partial charge is 0.493 e. The molecule has 0 saturated carbocycles. The van der Waals surface area contributed by atoms with Gasteiger partial charge >= 0.3 is 0 Å². The predicted molar refractivity (Wildman–Crippen MR) is 149 cm³/mol. The molecule has 4 rings (SSSR count). The Morgan fingerprint density at radius 2 is 1.81 bits per heavy atom. The third-order valence-corrected chi connectivity index (χ3v) is 6.47. The molecule has 0 aliphatic heterocycles. The summed E-state index contributed by atoms with van der Waals surface area (Å²) in [4.78, 5) is 12.8. The van der Waals surface area contributed by atoms with Crippen molar-refractivity contribution in [2.45, 2.75) is 27.4 Å². The minimum Gasteiger partial charge on any atom is -0.493 e. The van der Waals surface area contributed by atoms with Crippen molar-refractivity contribution >= 4 is 40.0 Å². The van der Waals surface area contributed by atoms with Crippen LogP contribution < -0.4 is 14.8 Å². The van der Waals surface area contributed by atoms with Gasteiger partial charge in [0.25, 0.3) is 5.91 Å². The van der Waals surface area contributed by atoms with Gasteiger partial charge < -0.3 is 14.8 Å². The molecule has 4 aromatic rings. The SMILES string of the molecule is COc1cc(/C=C(\C#N)C(=O)Nc2ccc(C)cc2C)cc(Cl)c1OCc1c(C)ccc2ccccc12. The van der Waals surface area contributed by atoms with Crippen molar-refractivity contribution < 1.29 is 14.3 Å². The molecular weight excluding hydrogens is 484 g/mol. The number of carbonyl (C=O) groups excluding carboxylic acids is 1. The highest BCUT2D eigenvalue weighted by molar-refractivity contribution is 6.32. The topological polar surface area (TPSA) is 71.3 Å². The van der Waals surface area contributed by atoms with Gasteiger partial charge in [-0.25, -0.2) is 0 Å². The van der Waals surface area contributed by atoms with E-state index in [1.165, 1.54) is 13.2 Å². The molecule has 0 spiro atoms. The molecule has 0 radical (unpaired) electrons. The molecule has 0 bridgehead atoms. The maximum Gasteiger partial charge on any atom is 0.266 e. The average molecular weight is 511 g/mol. The first-order valence-corrected chi connectivity index (χ1v) is 12.2. The standard InChI is InChI=1S/C31H27ClN2O3/c1-19-9-12-28(21(3)13-19)34-31(35)24(17-33)14-22-15-27(32)30(29(16-22)36-4)37-18-26-20(2)10-11-23-7-5-6-8-25(23)26/h5-16H,18H2,1-4H3,(H,34,35)/b24-14+. The number of carbonyl (C=O) groups is 1. The van der Waals surface area contributed by atoms with E-state index >= 15 is 0 Å². The third kappa shape index (κ3) is 5.77. The molecule has 37 heavy (non-hydrogen) atoms. The van der Waals surface area contributed by atoms with Crippen LogP contribution in [-0.2, 0) is 11.4 Å². The Morgan fingerprint density at radius 3 is 2.54 bits per heavy atom. The third-order valence-electron chi connectivity index (χ3n) is 6.19. The molecule has 1 N–H and O–H groups in total. The van der Waals surface area contributed by atoms with E-state index in [2.05, 4.69) is 29.6 Å². The number of aryl methyl sites for hydroxylation is 3. The normalized spacial score (nSPS) is 11.2. The zero-order chi connectivity index (χ0) is 26.5. The zero-order valence-electron chi connectivity index (χ0n) is 21.2. The Bertz CT molecular complexity index is 1570. The van der Waals surface area contributed by atoms with Crippen LogP contribution in [0.15, 0.2) is 72.3 Å². The lowest BCUT2D eigenvalue weighted by atomic mass is 10.0. The van der Waals surface area contributed by atoms with E-state index in [-0.39, 0.29) is 5.57 Å². The van der Waals surface area contributed by atoms with Crippen molar-refractivity contribution in [1.82, 2.24) is 0 Å². The maximum absolute atomic E-state index is 12.8. The van der Waals surface area contributed by atoms with Gasteiger partial charge in [-0.2, -0.15) is 5.26 Å². The second-order valence-electron chi connectivity index (χ2n) is 8.85. The number of anilines is 1. The molecule has 5 nitrogen and oxygen atoms in total. The van der Waals surface area contributed by atoms with Gasteiger partial charge in [-0.1, -0.05) is 65.7 Å². The Morgan fingerprint density at radius 1 is 1.03 bits per heavy atom. The van der Waals surface area contributed by atoms with Gasteiger partial charge in [0.15, 0.2) is 11.5 Å². The lowest BCUT2D eigenvalue weighted by Gasteiger charge is -2.16. The lowest BCUT2D eigenvalue weighted by Crippen LogP contribution is -2.14. The van der Waals surface area contributed by atoms with E-state index in [1.807, 2.05) is 57.2 Å². The second kappa shape index (κ2) is 11.2. The first-order valence-electron chi connectivity index (χ1n) is 11.8. The summed E-state index contributed by atoms with van der Waals surface area (Å²) in [6.07, 6.45) is 1.48. The first-order chi connectivity index (χ1) is 17.8. The van der Waals surface area contributed by atoms with E-state index < -0.39 is 5.91 Å². The molecule has 0 saturated heterocycles. The van der Waals surface area contributed by atoms with Crippen molar-refractivity contribution in [1.29, 1.82) is 5.26 Å². The van der Waals surface area contributed by atoms with Crippen LogP contribution in [0.2, 0.25) is 5.02 Å². The molecule has 0 unspecified atom stereocenters. The summed E-state index contributed by atoms with van der Waals surface area (Å²) >= 11 is 6.59. The summed E-state index contributed by atoms with van der Waals surface area (Å²) in [5.74, 6) is 0.298. The fourth-order valence-corrected chi connectivity index (χ4v) is 4.48. The first kappa shape index (κ1) is 25.8. The van der Waals surface area contributed by atoms with Crippen LogP contribution in [0, 0.1) is 32.1 Å². The molecule has 6 heteroatoms. The summed E-state index contributed by atoms with van der Waals surface area (Å²) in [5.41, 5.74) is 5.32. The number of amides is 1. The minimum atomic E-state index is -0.503. The molecule has 186 valence electrons. The highest BCUT2D eigenvalue weighted by Crippen LogP contribution is 2.38. The number of nitriles is 1. The molecule has 0 aliphatic carbocycles. The van der Waals surface area contributed by atoms with E-state index in [0.717, 1.165) is 33.0 Å². The van der Waals surface area contributed by atoms with Gasteiger partial charge in [0.2, 0.25) is 0 Å². The molecule has 4 aromatic carbocycles. The number of nitrogens with zero attached hydrogens (tertiary/aromatic N) is 1. The molecule has 1 amide bonds. The number of halogens is 1. The smallest absolute Gasteiger partial charge is 0.266 e. The number of ether oxygens (including phenoxy) is 2. The second-order valence-corrected chi connectivity index (χ2v) is 9.25. The molecule has 0 fully saturated rings. The summed E-state index contributed by atoms with van der Waals surface area (Å²) in [5, 5.41) is 15.0. The fraction of sp³-hybridized carbons (Fsp3) is 0.161. The Labute approximate surface area is 221 Å². The molecular formula is C31H27ClN2O3. The predicted octanol–water partition coefficient (Wildman–Crippen LogP) is 7.55. The van der Waals surface area contributed by atoms with Crippen LogP contribution in [0.4, 0.5) is 5.69 Å². The van der Waals surface area contributed by atoms with Crippen LogP contribution in [-0.4, -0.2) is 13.0 Å². The summed E-state index contributed by atoms with van der Waals surface area (Å²) in [6, 6.07) is 23.3. The van der Waals surface area contributed by atoms with Crippen molar-refractivity contribution in [3.05, 3.63) is 105 Å². The highest BCUT2D eigenvalue weighted by atomic mass is 35.5. The highest BCUT2D eigenvalue weighted by Gasteiger charge is 2.16. The molecule has 0 atom stereocenters. The lowest BCUT2D eigenvalue weighted by molar-refractivity contribution is -0.112. The van der Waals surface area contributed by atoms with Crippen LogP contribution in [0.3, 0.4) is 0 Å². The van der Waals surface area contributed by atoms with E-state index in [9.17, 15) is 10.1 Å². The fourth-order valence-electron chi connectivity index (χ4n) is 4.20. The Balaban J connectivity index is 1.59. The van der Waals surface area contributed by atoms with E-state index in [4.69, 9.17) is 21.1 Å². The maximum atomic E-state index is 12.8. The van der Waals surface area contributed by atoms with Gasteiger partial charge in [-0.05, 0) is 72.5 Å². The summed E-state index contributed by atoms with van der Waals surface area (Å²) < 4.78 is 11.7. The van der Waals surface area contributed by atoms with Crippen LogP contribution in [0.5, 0.6) is 11.5 Å². The number of hydrogen-bond donors (Lipinski definition) is 1. The van der Waals surface area contributed by atoms with E-state index in [1.54, 1.807) is 12.1 Å². The van der Waals surface area contributed by atoms with Crippen LogP contribution in [0.25, 0.3) is 16.8 Å². The van der Waals surface area contributed by atoms with Gasteiger partial charge in [0.1, 0.15) is 18.2 Å². The number of fused-ring (bicyclic) bond motifs is 1. The number of nitrogens with one attached hydrogen (secondary N) is 1. The van der Waals surface area contributed by atoms with Crippen molar-refractivity contribution in [2.75, 3.05) is 12.4 Å². The molecule has 0 heterocycles. The van der Waals surface area contributed by atoms with Gasteiger partial charge in [-0.3, -0.25) is 4.79 Å². The quantitative estimate of drug-likeness (QED) is 0.206. The number of methoxy groups -OCH3 is 1. The van der Waals surface area contributed by atoms with E-state index in [0.29, 0.717) is 34.4 Å². The number of rotatable bonds is 7. The minimum absolute atomic E-state index is 0.0573. The van der Waals surface area contributed by atoms with Crippen molar-refractivity contribution in [2.24, 2.45) is 0 Å². The van der Waals surface area contributed by atoms with Gasteiger partial charge in [-0.15, -0.1) is 0 Å². The van der Waals surface area contributed by atoms with Crippen molar-refractivity contribution in [3.8, 4) is 17.6 Å².